The Kier molecular flexibility index (Phi) is 13.0. The van der Waals surface area contributed by atoms with E-state index in [0.29, 0.717) is 0 Å². The molecule has 0 aliphatic rings. The Morgan fingerprint density at radius 2 is 0.534 bits per heavy atom. The minimum atomic E-state index is 0.772. The molecule has 0 radical (unpaired) electrons. The van der Waals surface area contributed by atoms with Gasteiger partial charge < -0.3 is 33.6 Å². The fraction of sp³-hybridized carbons (Fsp3) is 0.106. The molecule has 7 aromatic rings. The van der Waals surface area contributed by atoms with Gasteiger partial charge in [0.15, 0.2) is 0 Å². The first kappa shape index (κ1) is 41.2. The summed E-state index contributed by atoms with van der Waals surface area (Å²) in [6, 6.07) is 49.3. The van der Waals surface area contributed by atoms with Crippen LogP contribution in [0.4, 0.5) is 51.2 Å². The molecule has 7 nitrogen and oxygen atoms in total. The standard InChI is InChI=1S/C47H39Br4N3O4/c1-30-6-8-35(9-7-30)54(46-28-44(40(48)26-42(46)50)52(31-10-18-36(55-2)19-11-31)32-12-20-37(56-3)21-13-32)47-29-45(41(49)27-43(47)51)53(33-14-22-38(57-4)23-15-33)34-16-24-39(58-5)25-17-34/h6-29H,1-5H3. The van der Waals surface area contributed by atoms with Crippen LogP contribution in [-0.2, 0) is 0 Å². The van der Waals surface area contributed by atoms with Crippen LogP contribution in [0.25, 0.3) is 0 Å². The molecule has 0 aliphatic carbocycles. The molecule has 0 saturated heterocycles. The molecule has 0 aromatic heterocycles. The van der Waals surface area contributed by atoms with Crippen LogP contribution in [0, 0.1) is 6.92 Å². The van der Waals surface area contributed by atoms with Crippen molar-refractivity contribution in [1.82, 2.24) is 0 Å². The molecular formula is C47H39Br4N3O4. The summed E-state index contributed by atoms with van der Waals surface area (Å²) in [5, 5.41) is 0. The molecule has 0 fully saturated rings. The van der Waals surface area contributed by atoms with Gasteiger partial charge in [-0.3, -0.25) is 0 Å². The highest BCUT2D eigenvalue weighted by Gasteiger charge is 2.26. The van der Waals surface area contributed by atoms with Crippen molar-refractivity contribution in [1.29, 1.82) is 0 Å². The van der Waals surface area contributed by atoms with Crippen molar-refractivity contribution in [2.45, 2.75) is 6.92 Å². The van der Waals surface area contributed by atoms with Crippen LogP contribution in [0.5, 0.6) is 23.0 Å². The molecule has 0 spiro atoms. The SMILES string of the molecule is COc1ccc(N(c2ccc(OC)cc2)c2cc(N(c3ccc(C)cc3)c3cc(N(c4ccc(OC)cc4)c4ccc(OC)cc4)c(Br)cc3Br)c(Br)cc2Br)cc1. The summed E-state index contributed by atoms with van der Waals surface area (Å²) < 4.78 is 25.7. The fourth-order valence-corrected chi connectivity index (χ4v) is 9.32. The maximum absolute atomic E-state index is 5.53. The monoisotopic (exact) mass is 1020 g/mol. The summed E-state index contributed by atoms with van der Waals surface area (Å²) in [5.41, 5.74) is 9.56. The second-order valence-electron chi connectivity index (χ2n) is 13.1. The molecular weight excluding hydrogens is 990 g/mol. The van der Waals surface area contributed by atoms with Gasteiger partial charge in [0.2, 0.25) is 0 Å². The van der Waals surface area contributed by atoms with E-state index in [0.717, 1.165) is 97.6 Å². The second-order valence-corrected chi connectivity index (χ2v) is 16.6. The van der Waals surface area contributed by atoms with E-state index in [1.165, 1.54) is 0 Å². The summed E-state index contributed by atoms with van der Waals surface area (Å²) in [6.45, 7) is 2.10. The Morgan fingerprint density at radius 3 is 0.793 bits per heavy atom. The number of halogens is 4. The summed E-state index contributed by atoms with van der Waals surface area (Å²) in [5.74, 6) is 3.09. The number of nitrogens with zero attached hydrogens (tertiary/aromatic N) is 3. The lowest BCUT2D eigenvalue weighted by Gasteiger charge is -2.33. The smallest absolute Gasteiger partial charge is 0.119 e. The number of hydrogen-bond donors (Lipinski definition) is 0. The Morgan fingerprint density at radius 1 is 0.310 bits per heavy atom. The van der Waals surface area contributed by atoms with Crippen LogP contribution in [-0.4, -0.2) is 28.4 Å². The van der Waals surface area contributed by atoms with Crippen molar-refractivity contribution in [3.63, 3.8) is 0 Å². The van der Waals surface area contributed by atoms with Gasteiger partial charge in [-0.1, -0.05) is 17.7 Å². The quantitative estimate of drug-likeness (QED) is 0.114. The van der Waals surface area contributed by atoms with Crippen molar-refractivity contribution < 1.29 is 18.9 Å². The zero-order valence-electron chi connectivity index (χ0n) is 32.3. The number of ether oxygens (including phenoxy) is 4. The average Bonchev–Trinajstić information content (AvgIpc) is 3.25. The molecule has 58 heavy (non-hydrogen) atoms. The van der Waals surface area contributed by atoms with Gasteiger partial charge >= 0.3 is 0 Å². The van der Waals surface area contributed by atoms with Crippen LogP contribution < -0.4 is 33.6 Å². The van der Waals surface area contributed by atoms with Crippen LogP contribution in [0.2, 0.25) is 0 Å². The highest BCUT2D eigenvalue weighted by molar-refractivity contribution is 9.11. The largest absolute Gasteiger partial charge is 0.497 e. The molecule has 0 N–H and O–H groups in total. The number of rotatable bonds is 13. The lowest BCUT2D eigenvalue weighted by Crippen LogP contribution is -2.16. The van der Waals surface area contributed by atoms with Crippen LogP contribution >= 0.6 is 63.7 Å². The minimum Gasteiger partial charge on any atom is -0.497 e. The van der Waals surface area contributed by atoms with Gasteiger partial charge in [-0.15, -0.1) is 0 Å². The summed E-state index contributed by atoms with van der Waals surface area (Å²) in [6.07, 6.45) is 0. The molecule has 0 aliphatic heterocycles. The van der Waals surface area contributed by atoms with Crippen molar-refractivity contribution in [2.75, 3.05) is 43.1 Å². The third kappa shape index (κ3) is 8.73. The molecule has 294 valence electrons. The second kappa shape index (κ2) is 18.3. The predicted octanol–water partition coefficient (Wildman–Crippen LogP) is 15.5. The Bertz CT molecular complexity index is 2250. The van der Waals surface area contributed by atoms with Crippen LogP contribution in [0.3, 0.4) is 0 Å². The van der Waals surface area contributed by atoms with Gasteiger partial charge in [0.05, 0.1) is 51.2 Å². The lowest BCUT2D eigenvalue weighted by molar-refractivity contribution is 0.414. The molecule has 0 heterocycles. The number of aryl methyl sites for hydroxylation is 1. The normalized spacial score (nSPS) is 10.8. The van der Waals surface area contributed by atoms with Crippen molar-refractivity contribution in [3.05, 3.63) is 169 Å². The third-order valence-electron chi connectivity index (χ3n) is 9.61. The first-order valence-electron chi connectivity index (χ1n) is 18.1. The van der Waals surface area contributed by atoms with Gasteiger partial charge in [0.1, 0.15) is 23.0 Å². The van der Waals surface area contributed by atoms with E-state index in [9.17, 15) is 0 Å². The average molecular weight is 1030 g/mol. The summed E-state index contributed by atoms with van der Waals surface area (Å²) in [4.78, 5) is 6.69. The van der Waals surface area contributed by atoms with Crippen molar-refractivity contribution in [3.8, 4) is 23.0 Å². The van der Waals surface area contributed by atoms with E-state index in [4.69, 9.17) is 18.9 Å². The molecule has 11 heteroatoms. The highest BCUT2D eigenvalue weighted by Crippen LogP contribution is 2.51. The first-order chi connectivity index (χ1) is 28.1. The van der Waals surface area contributed by atoms with Gasteiger partial charge in [-0.25, -0.2) is 0 Å². The van der Waals surface area contributed by atoms with E-state index >= 15 is 0 Å². The Balaban J connectivity index is 1.46. The lowest BCUT2D eigenvalue weighted by atomic mass is 10.1. The Labute approximate surface area is 373 Å². The topological polar surface area (TPSA) is 46.6 Å². The van der Waals surface area contributed by atoms with Crippen molar-refractivity contribution in [2.24, 2.45) is 0 Å². The Hall–Kier alpha value is -4.94. The number of hydrogen-bond acceptors (Lipinski definition) is 7. The maximum Gasteiger partial charge on any atom is 0.119 e. The molecule has 0 bridgehead atoms. The maximum atomic E-state index is 5.53. The summed E-state index contributed by atoms with van der Waals surface area (Å²) >= 11 is 15.9. The van der Waals surface area contributed by atoms with E-state index in [1.54, 1.807) is 28.4 Å². The zero-order chi connectivity index (χ0) is 40.9. The van der Waals surface area contributed by atoms with Crippen molar-refractivity contribution >= 4 is 115 Å². The molecule has 0 atom stereocenters. The summed E-state index contributed by atoms with van der Waals surface area (Å²) in [7, 11) is 6.69. The van der Waals surface area contributed by atoms with Gasteiger partial charge in [0, 0.05) is 46.3 Å². The molecule has 7 rings (SSSR count). The predicted molar refractivity (Wildman–Crippen MR) is 252 cm³/mol. The van der Waals surface area contributed by atoms with Crippen LogP contribution in [0.15, 0.2) is 163 Å². The third-order valence-corrected chi connectivity index (χ3v) is 12.2. The van der Waals surface area contributed by atoms with Gasteiger partial charge in [0.25, 0.3) is 0 Å². The van der Waals surface area contributed by atoms with E-state index < -0.39 is 0 Å². The zero-order valence-corrected chi connectivity index (χ0v) is 38.7. The van der Waals surface area contributed by atoms with Crippen LogP contribution in [0.1, 0.15) is 5.56 Å². The van der Waals surface area contributed by atoms with Gasteiger partial charge in [-0.2, -0.15) is 0 Å². The minimum absolute atomic E-state index is 0.772. The van der Waals surface area contributed by atoms with E-state index in [-0.39, 0.29) is 0 Å². The number of benzene rings is 7. The molecule has 0 amide bonds. The first-order valence-corrected chi connectivity index (χ1v) is 21.3. The molecule has 7 aromatic carbocycles. The molecule has 0 unspecified atom stereocenters. The number of anilines is 9. The number of methoxy groups -OCH3 is 4. The molecule has 0 saturated carbocycles. The van der Waals surface area contributed by atoms with E-state index in [1.807, 2.05) is 48.5 Å². The fourth-order valence-electron chi connectivity index (χ4n) is 6.62. The van der Waals surface area contributed by atoms with E-state index in [2.05, 4.69) is 182 Å². The highest BCUT2D eigenvalue weighted by atomic mass is 79.9. The van der Waals surface area contributed by atoms with Gasteiger partial charge in [-0.05, 0) is 204 Å².